The summed E-state index contributed by atoms with van der Waals surface area (Å²) >= 11 is 4.26. The van der Waals surface area contributed by atoms with Crippen molar-refractivity contribution in [2.75, 3.05) is 0 Å². The lowest BCUT2D eigenvalue weighted by molar-refractivity contribution is -0.145. The Hall–Kier alpha value is -1.41. The summed E-state index contributed by atoms with van der Waals surface area (Å²) in [6.07, 6.45) is -0.663. The number of carbonyl (C=O) groups excluding carboxylic acids is 1. The molecular weight excluding hydrogens is 314 g/mol. The van der Waals surface area contributed by atoms with E-state index in [9.17, 15) is 14.4 Å². The minimum absolute atomic E-state index is 0.307. The second-order valence-corrected chi connectivity index (χ2v) is 4.83. The van der Waals surface area contributed by atoms with E-state index in [1.54, 1.807) is 11.4 Å². The fraction of sp³-hybridized carbons (Fsp3) is 0.222. The number of carboxylic acid groups (broad SMARTS) is 2. The van der Waals surface area contributed by atoms with Crippen LogP contribution in [0.3, 0.4) is 0 Å². The van der Waals surface area contributed by atoms with Gasteiger partial charge in [0.25, 0.3) is 5.91 Å². The fourth-order valence-corrected chi connectivity index (χ4v) is 2.51. The van der Waals surface area contributed by atoms with E-state index >= 15 is 0 Å². The molecule has 0 fully saturated rings. The van der Waals surface area contributed by atoms with Crippen LogP contribution >= 0.6 is 27.3 Å². The first kappa shape index (κ1) is 13.7. The number of carbonyl (C=O) groups is 3. The van der Waals surface area contributed by atoms with Crippen molar-refractivity contribution >= 4 is 45.1 Å². The van der Waals surface area contributed by atoms with Crippen LogP contribution in [0.25, 0.3) is 0 Å². The summed E-state index contributed by atoms with van der Waals surface area (Å²) in [7, 11) is 0. The molecule has 1 rings (SSSR count). The molecule has 1 heterocycles. The Bertz CT molecular complexity index is 458. The highest BCUT2D eigenvalue weighted by molar-refractivity contribution is 9.10. The van der Waals surface area contributed by atoms with E-state index in [0.29, 0.717) is 9.35 Å². The van der Waals surface area contributed by atoms with Crippen LogP contribution in [-0.2, 0) is 9.59 Å². The van der Waals surface area contributed by atoms with Crippen LogP contribution in [0.15, 0.2) is 15.9 Å². The van der Waals surface area contributed by atoms with Crippen molar-refractivity contribution in [3.05, 3.63) is 20.8 Å². The SMILES string of the molecule is O=C(O)C[C@@H](NC(=O)c1sccc1Br)C(=O)O. The van der Waals surface area contributed by atoms with E-state index in [1.807, 2.05) is 0 Å². The average molecular weight is 322 g/mol. The van der Waals surface area contributed by atoms with Gasteiger partial charge in [0.15, 0.2) is 0 Å². The van der Waals surface area contributed by atoms with Gasteiger partial charge in [0.2, 0.25) is 0 Å². The molecule has 0 saturated heterocycles. The van der Waals surface area contributed by atoms with Gasteiger partial charge in [-0.15, -0.1) is 11.3 Å². The molecule has 0 bridgehead atoms. The van der Waals surface area contributed by atoms with Crippen LogP contribution in [-0.4, -0.2) is 34.1 Å². The van der Waals surface area contributed by atoms with E-state index in [4.69, 9.17) is 10.2 Å². The number of hydrogen-bond donors (Lipinski definition) is 3. The van der Waals surface area contributed by atoms with Crippen molar-refractivity contribution in [1.29, 1.82) is 0 Å². The minimum Gasteiger partial charge on any atom is -0.481 e. The van der Waals surface area contributed by atoms with E-state index in [0.717, 1.165) is 11.3 Å². The Balaban J connectivity index is 2.74. The third-order valence-corrected chi connectivity index (χ3v) is 3.64. The topological polar surface area (TPSA) is 104 Å². The van der Waals surface area contributed by atoms with Gasteiger partial charge in [0.1, 0.15) is 10.9 Å². The molecule has 0 unspecified atom stereocenters. The molecule has 0 spiro atoms. The zero-order valence-corrected chi connectivity index (χ0v) is 10.7. The van der Waals surface area contributed by atoms with E-state index < -0.39 is 30.3 Å². The molecule has 3 N–H and O–H groups in total. The standard InChI is InChI=1S/C9H8BrNO5S/c10-4-1-2-17-7(4)8(14)11-5(9(15)16)3-6(12)13/h1-2,5H,3H2,(H,11,14)(H,12,13)(H,15,16)/t5-/m1/s1. The summed E-state index contributed by atoms with van der Waals surface area (Å²) in [6, 6.07) is 0.209. The molecule has 0 radical (unpaired) electrons. The van der Waals surface area contributed by atoms with Crippen molar-refractivity contribution in [2.24, 2.45) is 0 Å². The second-order valence-electron chi connectivity index (χ2n) is 3.06. The molecule has 1 aromatic rings. The number of halogens is 1. The Morgan fingerprint density at radius 1 is 1.41 bits per heavy atom. The quantitative estimate of drug-likeness (QED) is 0.755. The molecular formula is C9H8BrNO5S. The first-order valence-corrected chi connectivity index (χ1v) is 6.07. The lowest BCUT2D eigenvalue weighted by Crippen LogP contribution is -2.42. The second kappa shape index (κ2) is 5.78. The van der Waals surface area contributed by atoms with E-state index in [-0.39, 0.29) is 0 Å². The van der Waals surface area contributed by atoms with Crippen molar-refractivity contribution < 1.29 is 24.6 Å². The number of aliphatic carboxylic acids is 2. The zero-order valence-electron chi connectivity index (χ0n) is 8.34. The summed E-state index contributed by atoms with van der Waals surface area (Å²) in [6.45, 7) is 0. The van der Waals surface area contributed by atoms with Gasteiger partial charge in [-0.2, -0.15) is 0 Å². The molecule has 17 heavy (non-hydrogen) atoms. The van der Waals surface area contributed by atoms with Gasteiger partial charge in [-0.1, -0.05) is 0 Å². The Labute approximate surface area is 108 Å². The number of thiophene rings is 1. The van der Waals surface area contributed by atoms with Crippen molar-refractivity contribution in [3.63, 3.8) is 0 Å². The van der Waals surface area contributed by atoms with Gasteiger partial charge in [-0.05, 0) is 27.4 Å². The highest BCUT2D eigenvalue weighted by atomic mass is 79.9. The maximum absolute atomic E-state index is 11.6. The van der Waals surface area contributed by atoms with Crippen molar-refractivity contribution in [3.8, 4) is 0 Å². The molecule has 92 valence electrons. The third kappa shape index (κ3) is 3.82. The summed E-state index contributed by atoms with van der Waals surface area (Å²) in [4.78, 5) is 33.1. The maximum atomic E-state index is 11.6. The average Bonchev–Trinajstić information content (AvgIpc) is 2.62. The molecule has 1 aromatic heterocycles. The zero-order chi connectivity index (χ0) is 13.0. The molecule has 0 aliphatic rings. The number of rotatable bonds is 5. The normalized spacial score (nSPS) is 11.8. The van der Waals surface area contributed by atoms with Gasteiger partial charge in [-0.25, -0.2) is 4.79 Å². The summed E-state index contributed by atoms with van der Waals surface area (Å²) in [5.41, 5.74) is 0. The van der Waals surface area contributed by atoms with Gasteiger partial charge in [-0.3, -0.25) is 9.59 Å². The Kier molecular flexibility index (Phi) is 4.64. The summed E-state index contributed by atoms with van der Waals surface area (Å²) in [5, 5.41) is 21.1. The van der Waals surface area contributed by atoms with Crippen molar-refractivity contribution in [2.45, 2.75) is 12.5 Å². The first-order valence-electron chi connectivity index (χ1n) is 4.40. The molecule has 0 aliphatic carbocycles. The lowest BCUT2D eigenvalue weighted by Gasteiger charge is -2.11. The number of nitrogens with one attached hydrogen (secondary N) is 1. The molecule has 0 aliphatic heterocycles. The van der Waals surface area contributed by atoms with Crippen LogP contribution in [0.2, 0.25) is 0 Å². The van der Waals surface area contributed by atoms with Crippen LogP contribution in [0, 0.1) is 0 Å². The maximum Gasteiger partial charge on any atom is 0.326 e. The lowest BCUT2D eigenvalue weighted by atomic mass is 10.2. The van der Waals surface area contributed by atoms with Crippen LogP contribution in [0.5, 0.6) is 0 Å². The predicted octanol–water partition coefficient (Wildman–Crippen LogP) is 1.17. The minimum atomic E-state index is -1.44. The van der Waals surface area contributed by atoms with Gasteiger partial charge in [0, 0.05) is 4.47 Å². The fourth-order valence-electron chi connectivity index (χ4n) is 1.05. The molecule has 8 heteroatoms. The number of carboxylic acids is 2. The molecule has 1 atom stereocenters. The first-order chi connectivity index (χ1) is 7.91. The highest BCUT2D eigenvalue weighted by Crippen LogP contribution is 2.22. The largest absolute Gasteiger partial charge is 0.481 e. The molecule has 0 aromatic carbocycles. The van der Waals surface area contributed by atoms with Gasteiger partial charge >= 0.3 is 11.9 Å². The van der Waals surface area contributed by atoms with Crippen LogP contribution < -0.4 is 5.32 Å². The smallest absolute Gasteiger partial charge is 0.326 e. The summed E-state index contributed by atoms with van der Waals surface area (Å²) in [5.74, 6) is -3.28. The Morgan fingerprint density at radius 3 is 2.47 bits per heavy atom. The van der Waals surface area contributed by atoms with Crippen LogP contribution in [0.4, 0.5) is 0 Å². The number of amides is 1. The van der Waals surface area contributed by atoms with E-state index in [2.05, 4.69) is 21.2 Å². The van der Waals surface area contributed by atoms with Crippen molar-refractivity contribution in [1.82, 2.24) is 5.32 Å². The van der Waals surface area contributed by atoms with Crippen LogP contribution in [0.1, 0.15) is 16.1 Å². The molecule has 1 amide bonds. The number of hydrogen-bond acceptors (Lipinski definition) is 4. The summed E-state index contributed by atoms with van der Waals surface area (Å²) < 4.78 is 0.541. The molecule has 6 nitrogen and oxygen atoms in total. The predicted molar refractivity (Wildman–Crippen MR) is 63.2 cm³/mol. The van der Waals surface area contributed by atoms with Gasteiger partial charge < -0.3 is 15.5 Å². The third-order valence-electron chi connectivity index (χ3n) is 1.81. The Morgan fingerprint density at radius 2 is 2.06 bits per heavy atom. The monoisotopic (exact) mass is 321 g/mol. The highest BCUT2D eigenvalue weighted by Gasteiger charge is 2.24. The van der Waals surface area contributed by atoms with Gasteiger partial charge in [0.05, 0.1) is 6.42 Å². The molecule has 0 saturated carbocycles. The van der Waals surface area contributed by atoms with E-state index in [1.165, 1.54) is 0 Å².